The van der Waals surface area contributed by atoms with Crippen LogP contribution < -0.4 is 10.1 Å². The molecule has 0 bridgehead atoms. The smallest absolute Gasteiger partial charge is 0.289 e. The number of halogens is 1. The maximum absolute atomic E-state index is 13.0. The fourth-order valence-corrected chi connectivity index (χ4v) is 4.92. The Morgan fingerprint density at radius 1 is 1.06 bits per heavy atom. The predicted octanol–water partition coefficient (Wildman–Crippen LogP) is 4.56. The molecule has 2 saturated heterocycles. The van der Waals surface area contributed by atoms with Crippen molar-refractivity contribution in [2.45, 2.75) is 25.5 Å². The summed E-state index contributed by atoms with van der Waals surface area (Å²) in [6.07, 6.45) is 2.21. The molecule has 186 valence electrons. The number of nitrogens with zero attached hydrogens (tertiary/aromatic N) is 3. The third kappa shape index (κ3) is 5.73. The first kappa shape index (κ1) is 24.4. The van der Waals surface area contributed by atoms with Gasteiger partial charge in [0.15, 0.2) is 5.76 Å². The van der Waals surface area contributed by atoms with Crippen LogP contribution in [-0.4, -0.2) is 61.1 Å². The molecule has 1 aromatic heterocycles. The predicted molar refractivity (Wildman–Crippen MR) is 138 cm³/mol. The van der Waals surface area contributed by atoms with Crippen LogP contribution in [0.2, 0.25) is 5.02 Å². The van der Waals surface area contributed by atoms with Crippen LogP contribution in [0, 0.1) is 11.3 Å². The summed E-state index contributed by atoms with van der Waals surface area (Å²) in [6.45, 7) is 5.56. The SMILES string of the molecule is N#Cc1ccc(-c2ccc(C(=O)N3CCN(Cc4ccc(OC5CCNCC5)c(Cl)c4)CC3)o2)cc1. The quantitative estimate of drug-likeness (QED) is 0.530. The van der Waals surface area contributed by atoms with E-state index in [1.54, 1.807) is 24.3 Å². The molecule has 8 heteroatoms. The van der Waals surface area contributed by atoms with Gasteiger partial charge >= 0.3 is 0 Å². The molecule has 2 fully saturated rings. The monoisotopic (exact) mass is 504 g/mol. The van der Waals surface area contributed by atoms with Gasteiger partial charge in [0.25, 0.3) is 5.91 Å². The van der Waals surface area contributed by atoms with E-state index in [0.717, 1.165) is 62.4 Å². The number of piperazine rings is 1. The van der Waals surface area contributed by atoms with E-state index in [1.807, 2.05) is 29.2 Å². The number of furan rings is 1. The average molecular weight is 505 g/mol. The van der Waals surface area contributed by atoms with Crippen molar-refractivity contribution >= 4 is 17.5 Å². The molecule has 1 N–H and O–H groups in total. The minimum atomic E-state index is -0.1000. The molecule has 3 heterocycles. The second-order valence-electron chi connectivity index (χ2n) is 9.25. The Labute approximate surface area is 216 Å². The third-order valence-electron chi connectivity index (χ3n) is 6.76. The number of carbonyl (C=O) groups is 1. The van der Waals surface area contributed by atoms with Gasteiger partial charge in [-0.1, -0.05) is 17.7 Å². The minimum Gasteiger partial charge on any atom is -0.489 e. The fourth-order valence-electron chi connectivity index (χ4n) is 4.67. The molecule has 0 spiro atoms. The Kier molecular flexibility index (Phi) is 7.57. The van der Waals surface area contributed by atoms with Crippen LogP contribution in [-0.2, 0) is 6.54 Å². The maximum atomic E-state index is 13.0. The van der Waals surface area contributed by atoms with E-state index in [4.69, 9.17) is 26.0 Å². The summed E-state index contributed by atoms with van der Waals surface area (Å²) < 4.78 is 11.9. The lowest BCUT2D eigenvalue weighted by molar-refractivity contribution is 0.0598. The van der Waals surface area contributed by atoms with Gasteiger partial charge in [-0.15, -0.1) is 0 Å². The van der Waals surface area contributed by atoms with E-state index in [1.165, 1.54) is 0 Å². The van der Waals surface area contributed by atoms with Crippen molar-refractivity contribution in [1.29, 1.82) is 5.26 Å². The second kappa shape index (κ2) is 11.2. The Bertz CT molecular complexity index is 1240. The standard InChI is InChI=1S/C28H29ClN4O3/c29-24-17-21(3-6-26(24)35-23-9-11-31-12-10-23)19-32-13-15-33(16-14-32)28(34)27-8-7-25(36-27)22-4-1-20(18-30)2-5-22/h1-8,17,23,31H,9-16,19H2. The molecule has 36 heavy (non-hydrogen) atoms. The Morgan fingerprint density at radius 3 is 2.50 bits per heavy atom. The van der Waals surface area contributed by atoms with Gasteiger partial charge < -0.3 is 19.4 Å². The summed E-state index contributed by atoms with van der Waals surface area (Å²) >= 11 is 6.52. The summed E-state index contributed by atoms with van der Waals surface area (Å²) in [6, 6.07) is 18.8. The van der Waals surface area contributed by atoms with Gasteiger partial charge in [-0.3, -0.25) is 9.69 Å². The molecule has 0 saturated carbocycles. The van der Waals surface area contributed by atoms with Crippen molar-refractivity contribution in [3.8, 4) is 23.1 Å². The molecule has 7 nitrogen and oxygen atoms in total. The van der Waals surface area contributed by atoms with Gasteiger partial charge in [0.1, 0.15) is 17.6 Å². The van der Waals surface area contributed by atoms with Gasteiger partial charge in [0.05, 0.1) is 16.7 Å². The summed E-state index contributed by atoms with van der Waals surface area (Å²) in [4.78, 5) is 17.2. The summed E-state index contributed by atoms with van der Waals surface area (Å²) in [5.41, 5.74) is 2.56. The zero-order valence-electron chi connectivity index (χ0n) is 20.1. The number of hydrogen-bond donors (Lipinski definition) is 1. The zero-order chi connectivity index (χ0) is 24.9. The molecule has 0 unspecified atom stereocenters. The van der Waals surface area contributed by atoms with Crippen LogP contribution in [0.4, 0.5) is 0 Å². The van der Waals surface area contributed by atoms with Crippen LogP contribution >= 0.6 is 11.6 Å². The van der Waals surface area contributed by atoms with E-state index >= 15 is 0 Å². The van der Waals surface area contributed by atoms with Crippen LogP contribution in [0.3, 0.4) is 0 Å². The van der Waals surface area contributed by atoms with E-state index < -0.39 is 0 Å². The average Bonchev–Trinajstić information content (AvgIpc) is 3.41. The molecule has 1 amide bonds. The van der Waals surface area contributed by atoms with Gasteiger partial charge in [-0.05, 0) is 80.0 Å². The Hall–Kier alpha value is -3.31. The number of carbonyl (C=O) groups excluding carboxylic acids is 1. The highest BCUT2D eigenvalue weighted by atomic mass is 35.5. The van der Waals surface area contributed by atoms with Crippen molar-refractivity contribution < 1.29 is 13.9 Å². The van der Waals surface area contributed by atoms with Crippen molar-refractivity contribution in [1.82, 2.24) is 15.1 Å². The number of hydrogen-bond acceptors (Lipinski definition) is 6. The first-order chi connectivity index (χ1) is 17.6. The molecular formula is C28H29ClN4O3. The first-order valence-electron chi connectivity index (χ1n) is 12.4. The number of amides is 1. The number of nitrogens with one attached hydrogen (secondary N) is 1. The largest absolute Gasteiger partial charge is 0.489 e. The molecule has 0 aliphatic carbocycles. The lowest BCUT2D eigenvalue weighted by atomic mass is 10.1. The number of ether oxygens (including phenoxy) is 1. The van der Waals surface area contributed by atoms with Gasteiger partial charge in [-0.2, -0.15) is 5.26 Å². The van der Waals surface area contributed by atoms with Crippen LogP contribution in [0.5, 0.6) is 5.75 Å². The lowest BCUT2D eigenvalue weighted by Gasteiger charge is -2.34. The van der Waals surface area contributed by atoms with Crippen molar-refractivity contribution in [3.05, 3.63) is 76.5 Å². The number of nitriles is 1. The minimum absolute atomic E-state index is 0.1000. The molecule has 5 rings (SSSR count). The molecule has 2 aliphatic heterocycles. The zero-order valence-corrected chi connectivity index (χ0v) is 20.8. The van der Waals surface area contributed by atoms with Gasteiger partial charge in [-0.25, -0.2) is 0 Å². The van der Waals surface area contributed by atoms with E-state index in [2.05, 4.69) is 22.4 Å². The van der Waals surface area contributed by atoms with Crippen molar-refractivity contribution in [2.75, 3.05) is 39.3 Å². The molecule has 2 aromatic carbocycles. The Balaban J connectivity index is 1.13. The van der Waals surface area contributed by atoms with Crippen molar-refractivity contribution in [2.24, 2.45) is 0 Å². The van der Waals surface area contributed by atoms with Crippen LogP contribution in [0.1, 0.15) is 34.5 Å². The highest BCUT2D eigenvalue weighted by Crippen LogP contribution is 2.29. The topological polar surface area (TPSA) is 81.7 Å². The molecular weight excluding hydrogens is 476 g/mol. The number of rotatable bonds is 6. The highest BCUT2D eigenvalue weighted by molar-refractivity contribution is 6.32. The summed E-state index contributed by atoms with van der Waals surface area (Å²) in [5, 5.41) is 13.0. The summed E-state index contributed by atoms with van der Waals surface area (Å²) in [5.74, 6) is 1.60. The van der Waals surface area contributed by atoms with Crippen LogP contribution in [0.15, 0.2) is 59.0 Å². The van der Waals surface area contributed by atoms with E-state index in [9.17, 15) is 4.79 Å². The third-order valence-corrected chi connectivity index (χ3v) is 7.05. The normalized spacial score (nSPS) is 17.1. The van der Waals surface area contributed by atoms with Crippen LogP contribution in [0.25, 0.3) is 11.3 Å². The van der Waals surface area contributed by atoms with Crippen molar-refractivity contribution in [3.63, 3.8) is 0 Å². The molecule has 2 aliphatic rings. The molecule has 0 atom stereocenters. The molecule has 0 radical (unpaired) electrons. The first-order valence-corrected chi connectivity index (χ1v) is 12.7. The second-order valence-corrected chi connectivity index (χ2v) is 9.66. The fraction of sp³-hybridized carbons (Fsp3) is 0.357. The summed E-state index contributed by atoms with van der Waals surface area (Å²) in [7, 11) is 0. The van der Waals surface area contributed by atoms with Gasteiger partial charge in [0, 0.05) is 38.3 Å². The number of piperidine rings is 1. The number of benzene rings is 2. The molecule has 3 aromatic rings. The maximum Gasteiger partial charge on any atom is 0.289 e. The van der Waals surface area contributed by atoms with E-state index in [0.29, 0.717) is 35.2 Å². The van der Waals surface area contributed by atoms with Gasteiger partial charge in [0.2, 0.25) is 0 Å². The lowest BCUT2D eigenvalue weighted by Crippen LogP contribution is -2.48. The Morgan fingerprint density at radius 2 is 1.81 bits per heavy atom. The highest BCUT2D eigenvalue weighted by Gasteiger charge is 2.25. The van der Waals surface area contributed by atoms with E-state index in [-0.39, 0.29) is 12.0 Å².